The van der Waals surface area contributed by atoms with E-state index >= 15 is 0 Å². The SMILES string of the molecule is Cc1ccccc1C(C)(NCC(C)O)C(=O)O. The molecule has 3 N–H and O–H groups in total. The molecule has 0 saturated heterocycles. The molecule has 0 heterocycles. The summed E-state index contributed by atoms with van der Waals surface area (Å²) in [6.45, 7) is 5.34. The van der Waals surface area contributed by atoms with Crippen LogP contribution >= 0.6 is 0 Å². The van der Waals surface area contributed by atoms with Gasteiger partial charge in [-0.1, -0.05) is 24.3 Å². The largest absolute Gasteiger partial charge is 0.480 e. The zero-order chi connectivity index (χ0) is 13.1. The predicted molar refractivity (Wildman–Crippen MR) is 65.9 cm³/mol. The molecule has 0 saturated carbocycles. The van der Waals surface area contributed by atoms with Crippen LogP contribution in [0.2, 0.25) is 0 Å². The molecule has 2 unspecified atom stereocenters. The first-order valence-corrected chi connectivity index (χ1v) is 5.60. The van der Waals surface area contributed by atoms with Crippen LogP contribution < -0.4 is 5.32 Å². The van der Waals surface area contributed by atoms with Crippen LogP contribution in [0.1, 0.15) is 25.0 Å². The maximum atomic E-state index is 11.4. The van der Waals surface area contributed by atoms with Crippen molar-refractivity contribution in [2.24, 2.45) is 0 Å². The number of aliphatic carboxylic acids is 1. The molecule has 0 aliphatic rings. The Morgan fingerprint density at radius 2 is 2.06 bits per heavy atom. The normalized spacial score (nSPS) is 16.2. The van der Waals surface area contributed by atoms with E-state index in [1.54, 1.807) is 19.9 Å². The quantitative estimate of drug-likeness (QED) is 0.721. The van der Waals surface area contributed by atoms with E-state index in [1.807, 2.05) is 25.1 Å². The standard InChI is InChI=1S/C13H19NO3/c1-9-6-4-5-7-11(9)13(3,12(16)17)14-8-10(2)15/h4-7,10,14-15H,8H2,1-3H3,(H,16,17). The van der Waals surface area contributed by atoms with E-state index in [1.165, 1.54) is 0 Å². The lowest BCUT2D eigenvalue weighted by atomic mass is 9.88. The van der Waals surface area contributed by atoms with Crippen molar-refractivity contribution in [3.05, 3.63) is 35.4 Å². The van der Waals surface area contributed by atoms with Crippen LogP contribution in [-0.4, -0.2) is 28.8 Å². The fraction of sp³-hybridized carbons (Fsp3) is 0.462. The number of nitrogens with one attached hydrogen (secondary N) is 1. The highest BCUT2D eigenvalue weighted by Crippen LogP contribution is 2.24. The summed E-state index contributed by atoms with van der Waals surface area (Å²) in [5.41, 5.74) is 0.450. The fourth-order valence-electron chi connectivity index (χ4n) is 1.77. The Kier molecular flexibility index (Phi) is 4.26. The highest BCUT2D eigenvalue weighted by molar-refractivity contribution is 5.80. The van der Waals surface area contributed by atoms with Crippen molar-refractivity contribution in [3.8, 4) is 0 Å². The first-order valence-electron chi connectivity index (χ1n) is 5.60. The van der Waals surface area contributed by atoms with Gasteiger partial charge in [0.1, 0.15) is 5.54 Å². The minimum absolute atomic E-state index is 0.233. The molecule has 0 aliphatic heterocycles. The fourth-order valence-corrected chi connectivity index (χ4v) is 1.77. The summed E-state index contributed by atoms with van der Waals surface area (Å²) in [4.78, 5) is 11.4. The van der Waals surface area contributed by atoms with Gasteiger partial charge in [-0.15, -0.1) is 0 Å². The van der Waals surface area contributed by atoms with Crippen LogP contribution in [0, 0.1) is 6.92 Å². The molecular weight excluding hydrogens is 218 g/mol. The highest BCUT2D eigenvalue weighted by atomic mass is 16.4. The molecule has 1 aromatic carbocycles. The van der Waals surface area contributed by atoms with E-state index < -0.39 is 17.6 Å². The zero-order valence-corrected chi connectivity index (χ0v) is 10.4. The van der Waals surface area contributed by atoms with Gasteiger partial charge in [-0.3, -0.25) is 5.32 Å². The van der Waals surface area contributed by atoms with Gasteiger partial charge in [0, 0.05) is 6.54 Å². The number of aliphatic hydroxyl groups excluding tert-OH is 1. The van der Waals surface area contributed by atoms with Gasteiger partial charge in [-0.2, -0.15) is 0 Å². The Morgan fingerprint density at radius 3 is 2.53 bits per heavy atom. The molecule has 0 aliphatic carbocycles. The van der Waals surface area contributed by atoms with Crippen molar-refractivity contribution in [2.75, 3.05) is 6.54 Å². The summed E-state index contributed by atoms with van der Waals surface area (Å²) in [7, 11) is 0. The number of hydrogen-bond donors (Lipinski definition) is 3. The van der Waals surface area contributed by atoms with Crippen molar-refractivity contribution in [1.82, 2.24) is 5.32 Å². The lowest BCUT2D eigenvalue weighted by molar-refractivity contribution is -0.144. The van der Waals surface area contributed by atoms with Gasteiger partial charge in [-0.05, 0) is 31.9 Å². The highest BCUT2D eigenvalue weighted by Gasteiger charge is 2.35. The smallest absolute Gasteiger partial charge is 0.328 e. The van der Waals surface area contributed by atoms with Gasteiger partial charge < -0.3 is 10.2 Å². The number of hydrogen-bond acceptors (Lipinski definition) is 3. The first-order chi connectivity index (χ1) is 7.88. The molecule has 4 heteroatoms. The van der Waals surface area contributed by atoms with Crippen molar-refractivity contribution in [2.45, 2.75) is 32.4 Å². The number of aryl methyl sites for hydroxylation is 1. The predicted octanol–water partition coefficient (Wildman–Crippen LogP) is 1.27. The Labute approximate surface area is 101 Å². The third-order valence-electron chi connectivity index (χ3n) is 2.86. The number of aliphatic hydroxyl groups is 1. The second-order valence-corrected chi connectivity index (χ2v) is 4.47. The number of rotatable bonds is 5. The van der Waals surface area contributed by atoms with E-state index in [4.69, 9.17) is 0 Å². The molecule has 0 spiro atoms. The number of carboxylic acid groups (broad SMARTS) is 1. The molecule has 94 valence electrons. The molecule has 4 nitrogen and oxygen atoms in total. The van der Waals surface area contributed by atoms with Gasteiger partial charge in [0.15, 0.2) is 0 Å². The first kappa shape index (κ1) is 13.7. The molecule has 0 aromatic heterocycles. The molecule has 0 bridgehead atoms. The van der Waals surface area contributed by atoms with E-state index in [0.29, 0.717) is 5.56 Å². The Hall–Kier alpha value is -1.39. The third-order valence-corrected chi connectivity index (χ3v) is 2.86. The average Bonchev–Trinajstić information content (AvgIpc) is 2.26. The minimum Gasteiger partial charge on any atom is -0.480 e. The zero-order valence-electron chi connectivity index (χ0n) is 10.4. The summed E-state index contributed by atoms with van der Waals surface area (Å²) in [6.07, 6.45) is -0.585. The topological polar surface area (TPSA) is 69.6 Å². The molecule has 0 radical (unpaired) electrons. The van der Waals surface area contributed by atoms with Gasteiger partial charge >= 0.3 is 5.97 Å². The molecule has 0 fully saturated rings. The van der Waals surface area contributed by atoms with Crippen LogP contribution in [-0.2, 0) is 10.3 Å². The van der Waals surface area contributed by atoms with Crippen molar-refractivity contribution in [3.63, 3.8) is 0 Å². The second kappa shape index (κ2) is 5.29. The van der Waals surface area contributed by atoms with Gasteiger partial charge in [-0.25, -0.2) is 4.79 Å². The average molecular weight is 237 g/mol. The molecule has 17 heavy (non-hydrogen) atoms. The van der Waals surface area contributed by atoms with Crippen LogP contribution in [0.4, 0.5) is 0 Å². The van der Waals surface area contributed by atoms with Crippen LogP contribution in [0.15, 0.2) is 24.3 Å². The molecule has 0 amide bonds. The number of carboxylic acids is 1. The van der Waals surface area contributed by atoms with Crippen LogP contribution in [0.5, 0.6) is 0 Å². The van der Waals surface area contributed by atoms with Gasteiger partial charge in [0.05, 0.1) is 6.10 Å². The van der Waals surface area contributed by atoms with E-state index in [2.05, 4.69) is 5.32 Å². The summed E-state index contributed by atoms with van der Waals surface area (Å²) < 4.78 is 0. The van der Waals surface area contributed by atoms with E-state index in [-0.39, 0.29) is 6.54 Å². The Morgan fingerprint density at radius 1 is 1.47 bits per heavy atom. The van der Waals surface area contributed by atoms with Crippen LogP contribution in [0.25, 0.3) is 0 Å². The molecule has 2 atom stereocenters. The lowest BCUT2D eigenvalue weighted by Gasteiger charge is -2.29. The van der Waals surface area contributed by atoms with Crippen molar-refractivity contribution in [1.29, 1.82) is 0 Å². The summed E-state index contributed by atoms with van der Waals surface area (Å²) in [6, 6.07) is 7.35. The number of carbonyl (C=O) groups is 1. The summed E-state index contributed by atoms with van der Waals surface area (Å²) in [5.74, 6) is -0.951. The Balaban J connectivity index is 3.08. The minimum atomic E-state index is -1.18. The number of benzene rings is 1. The maximum Gasteiger partial charge on any atom is 0.328 e. The summed E-state index contributed by atoms with van der Waals surface area (Å²) in [5, 5.41) is 21.5. The monoisotopic (exact) mass is 237 g/mol. The maximum absolute atomic E-state index is 11.4. The van der Waals surface area contributed by atoms with Gasteiger partial charge in [0.2, 0.25) is 0 Å². The Bertz CT molecular complexity index is 403. The van der Waals surface area contributed by atoms with Crippen LogP contribution in [0.3, 0.4) is 0 Å². The van der Waals surface area contributed by atoms with Crippen molar-refractivity contribution < 1.29 is 15.0 Å². The molecular formula is C13H19NO3. The molecule has 1 rings (SSSR count). The van der Waals surface area contributed by atoms with E-state index in [9.17, 15) is 15.0 Å². The lowest BCUT2D eigenvalue weighted by Crippen LogP contribution is -2.49. The third kappa shape index (κ3) is 3.05. The van der Waals surface area contributed by atoms with Crippen molar-refractivity contribution >= 4 is 5.97 Å². The molecule has 1 aromatic rings. The summed E-state index contributed by atoms with van der Waals surface area (Å²) >= 11 is 0. The van der Waals surface area contributed by atoms with E-state index in [0.717, 1.165) is 5.56 Å². The van der Waals surface area contributed by atoms with Gasteiger partial charge in [0.25, 0.3) is 0 Å². The second-order valence-electron chi connectivity index (χ2n) is 4.47.